The predicted molar refractivity (Wildman–Crippen MR) is 113 cm³/mol. The predicted octanol–water partition coefficient (Wildman–Crippen LogP) is 5.46. The molecule has 1 unspecified atom stereocenters. The first-order valence-electron chi connectivity index (χ1n) is 9.21. The Balaban J connectivity index is 1.60. The third kappa shape index (κ3) is 5.13. The standard InChI is InChI=1S/C24H25NO3/c1-18(21-11-14-23(26-2)24(15-21)27-3)25-16-19-9-12-22(13-10-19)28-17-20-7-5-4-6-8-20/h4-16,18H,17H2,1-3H3. The maximum absolute atomic E-state index is 5.82. The monoisotopic (exact) mass is 375 g/mol. The lowest BCUT2D eigenvalue weighted by Crippen LogP contribution is -1.96. The van der Waals surface area contributed by atoms with Crippen LogP contribution in [0.2, 0.25) is 0 Å². The summed E-state index contributed by atoms with van der Waals surface area (Å²) in [5.74, 6) is 2.27. The van der Waals surface area contributed by atoms with E-state index < -0.39 is 0 Å². The van der Waals surface area contributed by atoms with Crippen molar-refractivity contribution in [3.63, 3.8) is 0 Å². The minimum Gasteiger partial charge on any atom is -0.493 e. The van der Waals surface area contributed by atoms with E-state index in [0.29, 0.717) is 18.1 Å². The summed E-state index contributed by atoms with van der Waals surface area (Å²) < 4.78 is 16.5. The number of rotatable bonds is 8. The number of hydrogen-bond acceptors (Lipinski definition) is 4. The molecular weight excluding hydrogens is 350 g/mol. The van der Waals surface area contributed by atoms with Gasteiger partial charge in [-0.15, -0.1) is 0 Å². The molecule has 4 heteroatoms. The van der Waals surface area contributed by atoms with Gasteiger partial charge >= 0.3 is 0 Å². The fourth-order valence-electron chi connectivity index (χ4n) is 2.79. The van der Waals surface area contributed by atoms with Crippen molar-refractivity contribution in [1.29, 1.82) is 0 Å². The number of ether oxygens (including phenoxy) is 3. The van der Waals surface area contributed by atoms with Gasteiger partial charge in [-0.2, -0.15) is 0 Å². The zero-order valence-corrected chi connectivity index (χ0v) is 16.5. The van der Waals surface area contributed by atoms with Crippen LogP contribution < -0.4 is 14.2 Å². The van der Waals surface area contributed by atoms with Gasteiger partial charge in [-0.05, 0) is 60.0 Å². The molecule has 0 radical (unpaired) electrons. The van der Waals surface area contributed by atoms with Crippen molar-refractivity contribution < 1.29 is 14.2 Å². The Hall–Kier alpha value is -3.27. The first-order valence-corrected chi connectivity index (χ1v) is 9.21. The summed E-state index contributed by atoms with van der Waals surface area (Å²) in [6.07, 6.45) is 1.88. The molecule has 0 bridgehead atoms. The smallest absolute Gasteiger partial charge is 0.161 e. The van der Waals surface area contributed by atoms with E-state index in [0.717, 1.165) is 22.4 Å². The van der Waals surface area contributed by atoms with Crippen molar-refractivity contribution in [2.45, 2.75) is 19.6 Å². The molecule has 1 atom stereocenters. The van der Waals surface area contributed by atoms with Crippen LogP contribution in [0.5, 0.6) is 17.2 Å². The Morgan fingerprint density at radius 2 is 1.57 bits per heavy atom. The zero-order chi connectivity index (χ0) is 19.8. The molecule has 4 nitrogen and oxygen atoms in total. The molecule has 3 rings (SSSR count). The van der Waals surface area contributed by atoms with Crippen molar-refractivity contribution in [3.8, 4) is 17.2 Å². The highest BCUT2D eigenvalue weighted by Gasteiger charge is 2.08. The van der Waals surface area contributed by atoms with Gasteiger partial charge in [0.05, 0.1) is 20.3 Å². The van der Waals surface area contributed by atoms with Crippen LogP contribution in [0.1, 0.15) is 29.7 Å². The largest absolute Gasteiger partial charge is 0.493 e. The molecule has 144 valence electrons. The molecule has 3 aromatic carbocycles. The molecule has 0 amide bonds. The second-order valence-corrected chi connectivity index (χ2v) is 6.41. The van der Waals surface area contributed by atoms with E-state index in [1.165, 1.54) is 0 Å². The molecule has 0 fully saturated rings. The highest BCUT2D eigenvalue weighted by Crippen LogP contribution is 2.30. The van der Waals surface area contributed by atoms with Crippen LogP contribution in [0.4, 0.5) is 0 Å². The van der Waals surface area contributed by atoms with Crippen LogP contribution >= 0.6 is 0 Å². The van der Waals surface area contributed by atoms with E-state index in [1.54, 1.807) is 14.2 Å². The second-order valence-electron chi connectivity index (χ2n) is 6.41. The van der Waals surface area contributed by atoms with E-state index in [-0.39, 0.29) is 6.04 Å². The number of hydrogen-bond donors (Lipinski definition) is 0. The minimum atomic E-state index is 0.00816. The van der Waals surface area contributed by atoms with Gasteiger partial charge < -0.3 is 14.2 Å². The molecule has 0 aliphatic heterocycles. The van der Waals surface area contributed by atoms with E-state index in [1.807, 2.05) is 66.9 Å². The SMILES string of the molecule is COc1ccc(C(C)N=Cc2ccc(OCc3ccccc3)cc2)cc1OC. The van der Waals surface area contributed by atoms with Crippen LogP contribution in [-0.4, -0.2) is 20.4 Å². The first-order chi connectivity index (χ1) is 13.7. The van der Waals surface area contributed by atoms with E-state index in [9.17, 15) is 0 Å². The Labute approximate surface area is 166 Å². The second kappa shape index (κ2) is 9.60. The van der Waals surface area contributed by atoms with Gasteiger partial charge in [0, 0.05) is 6.21 Å². The Morgan fingerprint density at radius 1 is 0.857 bits per heavy atom. The van der Waals surface area contributed by atoms with Crippen LogP contribution in [0.15, 0.2) is 77.8 Å². The van der Waals surface area contributed by atoms with Gasteiger partial charge in [0.25, 0.3) is 0 Å². The number of nitrogens with zero attached hydrogens (tertiary/aromatic N) is 1. The van der Waals surface area contributed by atoms with Crippen molar-refractivity contribution in [2.75, 3.05) is 14.2 Å². The van der Waals surface area contributed by atoms with Gasteiger partial charge in [-0.3, -0.25) is 4.99 Å². The van der Waals surface area contributed by atoms with E-state index in [4.69, 9.17) is 14.2 Å². The zero-order valence-electron chi connectivity index (χ0n) is 16.5. The molecule has 0 aliphatic rings. The third-order valence-corrected chi connectivity index (χ3v) is 4.47. The van der Waals surface area contributed by atoms with Gasteiger partial charge in [0.1, 0.15) is 12.4 Å². The summed E-state index contributed by atoms with van der Waals surface area (Å²) in [6, 6.07) is 23.9. The number of benzene rings is 3. The lowest BCUT2D eigenvalue weighted by Gasteiger charge is -2.12. The molecule has 0 saturated carbocycles. The fourth-order valence-corrected chi connectivity index (χ4v) is 2.79. The number of methoxy groups -OCH3 is 2. The Kier molecular flexibility index (Phi) is 6.68. The maximum atomic E-state index is 5.82. The van der Waals surface area contributed by atoms with Crippen molar-refractivity contribution in [2.24, 2.45) is 4.99 Å². The van der Waals surface area contributed by atoms with Crippen molar-refractivity contribution in [1.82, 2.24) is 0 Å². The average molecular weight is 375 g/mol. The molecule has 0 saturated heterocycles. The molecule has 0 aromatic heterocycles. The Morgan fingerprint density at radius 3 is 2.25 bits per heavy atom. The first kappa shape index (κ1) is 19.5. The third-order valence-electron chi connectivity index (χ3n) is 4.47. The minimum absolute atomic E-state index is 0.00816. The summed E-state index contributed by atoms with van der Waals surface area (Å²) in [6.45, 7) is 2.61. The normalized spacial score (nSPS) is 12.0. The van der Waals surface area contributed by atoms with Crippen LogP contribution in [0.25, 0.3) is 0 Å². The quantitative estimate of drug-likeness (QED) is 0.491. The van der Waals surface area contributed by atoms with Gasteiger partial charge in [-0.1, -0.05) is 36.4 Å². The average Bonchev–Trinajstić information content (AvgIpc) is 2.77. The van der Waals surface area contributed by atoms with E-state index in [2.05, 4.69) is 24.0 Å². The lowest BCUT2D eigenvalue weighted by molar-refractivity contribution is 0.306. The molecular formula is C24H25NO3. The van der Waals surface area contributed by atoms with Gasteiger partial charge in [-0.25, -0.2) is 0 Å². The van der Waals surface area contributed by atoms with Crippen LogP contribution in [0, 0.1) is 0 Å². The molecule has 0 N–H and O–H groups in total. The highest BCUT2D eigenvalue weighted by molar-refractivity contribution is 5.80. The Bertz CT molecular complexity index is 905. The summed E-state index contributed by atoms with van der Waals surface area (Å²) in [5, 5.41) is 0. The summed E-state index contributed by atoms with van der Waals surface area (Å²) in [7, 11) is 3.27. The topological polar surface area (TPSA) is 40.0 Å². The summed E-state index contributed by atoms with van der Waals surface area (Å²) in [4.78, 5) is 4.66. The van der Waals surface area contributed by atoms with Crippen molar-refractivity contribution >= 4 is 6.21 Å². The lowest BCUT2D eigenvalue weighted by atomic mass is 10.1. The molecule has 3 aromatic rings. The molecule has 0 aliphatic carbocycles. The van der Waals surface area contributed by atoms with Crippen LogP contribution in [-0.2, 0) is 6.61 Å². The van der Waals surface area contributed by atoms with E-state index >= 15 is 0 Å². The fraction of sp³-hybridized carbons (Fsp3) is 0.208. The van der Waals surface area contributed by atoms with Crippen LogP contribution in [0.3, 0.4) is 0 Å². The maximum Gasteiger partial charge on any atom is 0.161 e. The molecule has 0 heterocycles. The van der Waals surface area contributed by atoms with Gasteiger partial charge in [0.2, 0.25) is 0 Å². The van der Waals surface area contributed by atoms with Gasteiger partial charge in [0.15, 0.2) is 11.5 Å². The van der Waals surface area contributed by atoms with Crippen molar-refractivity contribution in [3.05, 3.63) is 89.5 Å². The molecule has 28 heavy (non-hydrogen) atoms. The molecule has 0 spiro atoms. The highest BCUT2D eigenvalue weighted by atomic mass is 16.5. The number of aliphatic imine (C=N–C) groups is 1. The summed E-state index contributed by atoms with van der Waals surface area (Å²) in [5.41, 5.74) is 3.24. The summed E-state index contributed by atoms with van der Waals surface area (Å²) >= 11 is 0.